The largest absolute Gasteiger partial charge is 0.369 e. The lowest BCUT2D eigenvalue weighted by Gasteiger charge is -2.24. The summed E-state index contributed by atoms with van der Waals surface area (Å²) in [7, 11) is 4.13. The number of hydrogen-bond acceptors (Lipinski definition) is 2. The summed E-state index contributed by atoms with van der Waals surface area (Å²) in [6.45, 7) is 4.97. The van der Waals surface area contributed by atoms with Crippen molar-refractivity contribution in [2.75, 3.05) is 33.7 Å². The minimum atomic E-state index is 0.602. The van der Waals surface area contributed by atoms with Crippen molar-refractivity contribution in [3.63, 3.8) is 0 Å². The van der Waals surface area contributed by atoms with Gasteiger partial charge in [0.05, 0.1) is 5.69 Å². The van der Waals surface area contributed by atoms with Gasteiger partial charge in [-0.05, 0) is 32.6 Å². The first-order valence-corrected chi connectivity index (χ1v) is 6.42. The Hall–Kier alpha value is -1.55. The van der Waals surface area contributed by atoms with Gasteiger partial charge >= 0.3 is 0 Å². The smallest absolute Gasteiger partial charge is 0.196 e. The molecule has 1 aromatic carbocycles. The summed E-state index contributed by atoms with van der Waals surface area (Å²) in [6.07, 6.45) is 1.07. The van der Waals surface area contributed by atoms with Crippen LogP contribution < -0.4 is 5.73 Å². The van der Waals surface area contributed by atoms with Gasteiger partial charge in [-0.15, -0.1) is 0 Å². The van der Waals surface area contributed by atoms with E-state index in [4.69, 9.17) is 5.73 Å². The normalized spacial score (nSPS) is 11.9. The summed E-state index contributed by atoms with van der Waals surface area (Å²) in [5.41, 5.74) is 6.98. The molecule has 0 spiro atoms. The minimum Gasteiger partial charge on any atom is -0.369 e. The molecule has 0 bridgehead atoms. The maximum Gasteiger partial charge on any atom is 0.196 e. The number of nitrogens with zero attached hydrogens (tertiary/aromatic N) is 3. The van der Waals surface area contributed by atoms with Crippen molar-refractivity contribution in [1.29, 1.82) is 0 Å². The Morgan fingerprint density at radius 2 is 1.78 bits per heavy atom. The fourth-order valence-electron chi connectivity index (χ4n) is 1.64. The van der Waals surface area contributed by atoms with Gasteiger partial charge in [0.25, 0.3) is 0 Å². The van der Waals surface area contributed by atoms with Crippen molar-refractivity contribution in [3.05, 3.63) is 30.3 Å². The van der Waals surface area contributed by atoms with E-state index < -0.39 is 0 Å². The molecular formula is C14H24N4. The average Bonchev–Trinajstić information content (AvgIpc) is 2.35. The zero-order valence-electron chi connectivity index (χ0n) is 11.6. The van der Waals surface area contributed by atoms with Gasteiger partial charge in [0.15, 0.2) is 5.96 Å². The molecule has 1 aromatic rings. The zero-order chi connectivity index (χ0) is 13.4. The van der Waals surface area contributed by atoms with E-state index in [9.17, 15) is 0 Å². The maximum absolute atomic E-state index is 6.08. The Balaban J connectivity index is 2.69. The van der Waals surface area contributed by atoms with Crippen LogP contribution in [0.4, 0.5) is 5.69 Å². The predicted octanol–water partition coefficient (Wildman–Crippen LogP) is 1.91. The van der Waals surface area contributed by atoms with Gasteiger partial charge in [-0.25, -0.2) is 4.99 Å². The lowest BCUT2D eigenvalue weighted by molar-refractivity contribution is 0.327. The summed E-state index contributed by atoms with van der Waals surface area (Å²) >= 11 is 0. The second-order valence-electron chi connectivity index (χ2n) is 4.60. The van der Waals surface area contributed by atoms with Gasteiger partial charge in [0.2, 0.25) is 0 Å². The molecule has 4 nitrogen and oxygen atoms in total. The molecular weight excluding hydrogens is 224 g/mol. The summed E-state index contributed by atoms with van der Waals surface area (Å²) in [5.74, 6) is 0.602. The summed E-state index contributed by atoms with van der Waals surface area (Å²) < 4.78 is 0. The van der Waals surface area contributed by atoms with E-state index >= 15 is 0 Å². The molecule has 0 saturated carbocycles. The van der Waals surface area contributed by atoms with Gasteiger partial charge in [-0.3, -0.25) is 0 Å². The third kappa shape index (κ3) is 5.19. The highest BCUT2D eigenvalue weighted by atomic mass is 15.3. The van der Waals surface area contributed by atoms with Crippen molar-refractivity contribution in [2.24, 2.45) is 10.7 Å². The number of para-hydroxylation sites is 1. The van der Waals surface area contributed by atoms with Crippen molar-refractivity contribution < 1.29 is 0 Å². The van der Waals surface area contributed by atoms with Crippen LogP contribution in [0.1, 0.15) is 13.3 Å². The lowest BCUT2D eigenvalue weighted by Crippen LogP contribution is -2.41. The number of nitrogens with two attached hydrogens (primary N) is 1. The van der Waals surface area contributed by atoms with Gasteiger partial charge in [0, 0.05) is 19.6 Å². The molecule has 0 aliphatic heterocycles. The predicted molar refractivity (Wildman–Crippen MR) is 78.1 cm³/mol. The Labute approximate surface area is 110 Å². The van der Waals surface area contributed by atoms with Crippen LogP contribution in [0, 0.1) is 0 Å². The van der Waals surface area contributed by atoms with E-state index in [1.54, 1.807) is 0 Å². The van der Waals surface area contributed by atoms with Crippen LogP contribution in [0.5, 0.6) is 0 Å². The number of guanidine groups is 1. The maximum atomic E-state index is 6.08. The first-order chi connectivity index (χ1) is 8.63. The average molecular weight is 248 g/mol. The minimum absolute atomic E-state index is 0.602. The molecule has 0 amide bonds. The monoisotopic (exact) mass is 248 g/mol. The third-order valence-electron chi connectivity index (χ3n) is 2.63. The summed E-state index contributed by atoms with van der Waals surface area (Å²) in [5, 5.41) is 0. The van der Waals surface area contributed by atoms with Gasteiger partial charge in [-0.2, -0.15) is 0 Å². The van der Waals surface area contributed by atoms with Crippen LogP contribution in [0.2, 0.25) is 0 Å². The fourth-order valence-corrected chi connectivity index (χ4v) is 1.64. The highest BCUT2D eigenvalue weighted by Gasteiger charge is 2.07. The lowest BCUT2D eigenvalue weighted by atomic mass is 10.3. The molecule has 0 heterocycles. The molecule has 100 valence electrons. The van der Waals surface area contributed by atoms with Crippen LogP contribution in [0.3, 0.4) is 0 Å². The number of likely N-dealkylation sites (N-methyl/N-ethyl adjacent to an activating group) is 1. The van der Waals surface area contributed by atoms with E-state index in [-0.39, 0.29) is 0 Å². The fraction of sp³-hybridized carbons (Fsp3) is 0.500. The second kappa shape index (κ2) is 7.71. The molecule has 2 N–H and O–H groups in total. The van der Waals surface area contributed by atoms with Crippen molar-refractivity contribution in [1.82, 2.24) is 9.80 Å². The number of benzene rings is 1. The molecule has 0 aromatic heterocycles. The van der Waals surface area contributed by atoms with E-state index in [2.05, 4.69) is 35.8 Å². The molecule has 4 heteroatoms. The van der Waals surface area contributed by atoms with Crippen LogP contribution in [0.15, 0.2) is 35.3 Å². The van der Waals surface area contributed by atoms with Crippen molar-refractivity contribution >= 4 is 11.6 Å². The van der Waals surface area contributed by atoms with E-state index in [1.165, 1.54) is 0 Å². The highest BCUT2D eigenvalue weighted by molar-refractivity contribution is 5.81. The van der Waals surface area contributed by atoms with Crippen LogP contribution in [-0.2, 0) is 0 Å². The van der Waals surface area contributed by atoms with Crippen molar-refractivity contribution in [2.45, 2.75) is 13.3 Å². The number of aliphatic imine (C=N–C) groups is 1. The molecule has 0 aliphatic carbocycles. The Kier molecular flexibility index (Phi) is 6.22. The standard InChI is InChI=1S/C14H24N4/c1-4-10-18(12-11-17(2)3)14(15)16-13-8-6-5-7-9-13/h5-9H,4,10-12H2,1-3H3,(H2,15,16). The first-order valence-electron chi connectivity index (χ1n) is 6.42. The molecule has 0 radical (unpaired) electrons. The summed E-state index contributed by atoms with van der Waals surface area (Å²) in [4.78, 5) is 8.74. The molecule has 0 atom stereocenters. The molecule has 18 heavy (non-hydrogen) atoms. The molecule has 0 fully saturated rings. The SMILES string of the molecule is CCCN(CCN(C)C)C(N)=Nc1ccccc1. The van der Waals surface area contributed by atoms with Gasteiger partial charge in [-0.1, -0.05) is 25.1 Å². The van der Waals surface area contributed by atoms with Gasteiger partial charge in [0.1, 0.15) is 0 Å². The Morgan fingerprint density at radius 1 is 1.11 bits per heavy atom. The molecule has 0 unspecified atom stereocenters. The Morgan fingerprint density at radius 3 is 2.33 bits per heavy atom. The summed E-state index contributed by atoms with van der Waals surface area (Å²) in [6, 6.07) is 9.84. The van der Waals surface area contributed by atoms with Crippen LogP contribution in [0.25, 0.3) is 0 Å². The van der Waals surface area contributed by atoms with Crippen LogP contribution >= 0.6 is 0 Å². The second-order valence-corrected chi connectivity index (χ2v) is 4.60. The van der Waals surface area contributed by atoms with E-state index in [0.29, 0.717) is 5.96 Å². The Bertz CT molecular complexity index is 359. The molecule has 1 rings (SSSR count). The molecule has 0 saturated heterocycles. The first kappa shape index (κ1) is 14.5. The van der Waals surface area contributed by atoms with Gasteiger partial charge < -0.3 is 15.5 Å². The van der Waals surface area contributed by atoms with Crippen LogP contribution in [-0.4, -0.2) is 49.5 Å². The van der Waals surface area contributed by atoms with E-state index in [1.807, 2.05) is 30.3 Å². The quantitative estimate of drug-likeness (QED) is 0.618. The molecule has 0 aliphatic rings. The zero-order valence-corrected chi connectivity index (χ0v) is 11.6. The number of hydrogen-bond donors (Lipinski definition) is 1. The number of rotatable bonds is 6. The van der Waals surface area contributed by atoms with Crippen molar-refractivity contribution in [3.8, 4) is 0 Å². The highest BCUT2D eigenvalue weighted by Crippen LogP contribution is 2.10. The third-order valence-corrected chi connectivity index (χ3v) is 2.63. The topological polar surface area (TPSA) is 44.9 Å². The van der Waals surface area contributed by atoms with E-state index in [0.717, 1.165) is 31.7 Å².